The third-order valence-electron chi connectivity index (χ3n) is 3.70. The molecule has 0 bridgehead atoms. The second-order valence-corrected chi connectivity index (χ2v) is 5.04. The minimum atomic E-state index is -0.0515. The molecule has 1 heterocycles. The van der Waals surface area contributed by atoms with E-state index in [-0.39, 0.29) is 6.03 Å². The number of urea groups is 1. The molecule has 0 spiro atoms. The summed E-state index contributed by atoms with van der Waals surface area (Å²) in [6, 6.07) is 5.61. The van der Waals surface area contributed by atoms with E-state index in [1.54, 1.807) is 26.4 Å². The molecule has 1 fully saturated rings. The molecule has 1 aromatic rings. The molecule has 5 heteroatoms. The maximum absolute atomic E-state index is 12.3. The van der Waals surface area contributed by atoms with Crippen LogP contribution in [0.2, 0.25) is 0 Å². The first-order valence-electron chi connectivity index (χ1n) is 6.95. The van der Waals surface area contributed by atoms with Crippen molar-refractivity contribution < 1.29 is 14.3 Å². The lowest BCUT2D eigenvalue weighted by Gasteiger charge is -2.33. The van der Waals surface area contributed by atoms with Crippen LogP contribution in [0.4, 0.5) is 10.5 Å². The number of amides is 2. The van der Waals surface area contributed by atoms with E-state index in [0.29, 0.717) is 23.2 Å². The molecular formula is C15H22N2O3. The fourth-order valence-electron chi connectivity index (χ4n) is 2.51. The quantitative estimate of drug-likeness (QED) is 0.924. The number of piperidine rings is 1. The molecule has 1 aromatic carbocycles. The first-order chi connectivity index (χ1) is 9.65. The van der Waals surface area contributed by atoms with Gasteiger partial charge in [-0.05, 0) is 38.3 Å². The molecule has 5 nitrogen and oxygen atoms in total. The zero-order chi connectivity index (χ0) is 14.5. The van der Waals surface area contributed by atoms with Gasteiger partial charge in [-0.15, -0.1) is 0 Å². The summed E-state index contributed by atoms with van der Waals surface area (Å²) in [4.78, 5) is 14.2. The van der Waals surface area contributed by atoms with Crippen molar-refractivity contribution in [1.82, 2.24) is 4.90 Å². The average Bonchev–Trinajstić information content (AvgIpc) is 2.47. The van der Waals surface area contributed by atoms with Gasteiger partial charge in [-0.3, -0.25) is 0 Å². The van der Waals surface area contributed by atoms with Crippen molar-refractivity contribution in [3.05, 3.63) is 18.2 Å². The van der Waals surface area contributed by atoms with Crippen LogP contribution in [0.15, 0.2) is 18.2 Å². The molecule has 1 atom stereocenters. The SMILES string of the molecule is COc1ccc(NC(=O)N2CCCC[C@H]2C)cc1OC. The predicted octanol–water partition coefficient (Wildman–Crippen LogP) is 3.11. The number of ether oxygens (including phenoxy) is 2. The topological polar surface area (TPSA) is 50.8 Å². The molecule has 0 aromatic heterocycles. The van der Waals surface area contributed by atoms with E-state index in [4.69, 9.17) is 9.47 Å². The Hall–Kier alpha value is -1.91. The van der Waals surface area contributed by atoms with Gasteiger partial charge in [-0.1, -0.05) is 0 Å². The number of methoxy groups -OCH3 is 2. The Morgan fingerprint density at radius 2 is 2.00 bits per heavy atom. The van der Waals surface area contributed by atoms with E-state index in [1.807, 2.05) is 11.0 Å². The standard InChI is InChI=1S/C15H22N2O3/c1-11-6-4-5-9-17(11)15(18)16-12-7-8-13(19-2)14(10-12)20-3/h7-8,10-11H,4-6,9H2,1-3H3,(H,16,18)/t11-/m1/s1. The Labute approximate surface area is 119 Å². The number of rotatable bonds is 3. The zero-order valence-corrected chi connectivity index (χ0v) is 12.3. The van der Waals surface area contributed by atoms with Crippen LogP contribution >= 0.6 is 0 Å². The average molecular weight is 278 g/mol. The van der Waals surface area contributed by atoms with Gasteiger partial charge in [0.25, 0.3) is 0 Å². The summed E-state index contributed by atoms with van der Waals surface area (Å²) in [5.74, 6) is 1.26. The van der Waals surface area contributed by atoms with Crippen molar-refractivity contribution in [2.75, 3.05) is 26.1 Å². The van der Waals surface area contributed by atoms with Crippen LogP contribution in [0.25, 0.3) is 0 Å². The fraction of sp³-hybridized carbons (Fsp3) is 0.533. The van der Waals surface area contributed by atoms with E-state index in [2.05, 4.69) is 12.2 Å². The number of nitrogens with one attached hydrogen (secondary N) is 1. The second kappa shape index (κ2) is 6.50. The lowest BCUT2D eigenvalue weighted by Crippen LogP contribution is -2.44. The fourth-order valence-corrected chi connectivity index (χ4v) is 2.51. The highest BCUT2D eigenvalue weighted by atomic mass is 16.5. The number of benzene rings is 1. The highest BCUT2D eigenvalue weighted by molar-refractivity contribution is 5.90. The molecule has 1 N–H and O–H groups in total. The molecule has 1 saturated heterocycles. The van der Waals surface area contributed by atoms with Gasteiger partial charge < -0.3 is 19.7 Å². The third kappa shape index (κ3) is 3.15. The number of carbonyl (C=O) groups is 1. The summed E-state index contributed by atoms with van der Waals surface area (Å²) in [5.41, 5.74) is 0.713. The summed E-state index contributed by atoms with van der Waals surface area (Å²) in [6.07, 6.45) is 3.34. The van der Waals surface area contributed by atoms with Crippen LogP contribution in [0.3, 0.4) is 0 Å². The first-order valence-corrected chi connectivity index (χ1v) is 6.95. The zero-order valence-electron chi connectivity index (χ0n) is 12.3. The molecule has 2 rings (SSSR count). The molecule has 20 heavy (non-hydrogen) atoms. The van der Waals surface area contributed by atoms with E-state index >= 15 is 0 Å². The maximum Gasteiger partial charge on any atom is 0.322 e. The number of hydrogen-bond donors (Lipinski definition) is 1. The molecule has 110 valence electrons. The molecular weight excluding hydrogens is 256 g/mol. The number of likely N-dealkylation sites (tertiary alicyclic amines) is 1. The third-order valence-corrected chi connectivity index (χ3v) is 3.70. The van der Waals surface area contributed by atoms with Gasteiger partial charge in [-0.25, -0.2) is 4.79 Å². The first kappa shape index (κ1) is 14.5. The van der Waals surface area contributed by atoms with Crippen molar-refractivity contribution in [1.29, 1.82) is 0 Å². The van der Waals surface area contributed by atoms with Crippen LogP contribution in [0.5, 0.6) is 11.5 Å². The van der Waals surface area contributed by atoms with E-state index in [1.165, 1.54) is 6.42 Å². The normalized spacial score (nSPS) is 18.6. The monoisotopic (exact) mass is 278 g/mol. The number of carbonyl (C=O) groups excluding carboxylic acids is 1. The predicted molar refractivity (Wildman–Crippen MR) is 78.6 cm³/mol. The molecule has 2 amide bonds. The smallest absolute Gasteiger partial charge is 0.322 e. The van der Waals surface area contributed by atoms with Crippen molar-refractivity contribution >= 4 is 11.7 Å². The Bertz CT molecular complexity index is 476. The number of hydrogen-bond acceptors (Lipinski definition) is 3. The Morgan fingerprint density at radius 3 is 2.65 bits per heavy atom. The molecule has 1 aliphatic rings. The van der Waals surface area contributed by atoms with Gasteiger partial charge in [0.05, 0.1) is 14.2 Å². The minimum Gasteiger partial charge on any atom is -0.493 e. The van der Waals surface area contributed by atoms with Crippen LogP contribution in [0, 0.1) is 0 Å². The van der Waals surface area contributed by atoms with Crippen molar-refractivity contribution in [2.45, 2.75) is 32.2 Å². The van der Waals surface area contributed by atoms with Gasteiger partial charge in [0.1, 0.15) is 0 Å². The minimum absolute atomic E-state index is 0.0515. The van der Waals surface area contributed by atoms with Gasteiger partial charge in [0, 0.05) is 24.3 Å². The molecule has 0 saturated carbocycles. The van der Waals surface area contributed by atoms with Crippen LogP contribution < -0.4 is 14.8 Å². The lowest BCUT2D eigenvalue weighted by atomic mass is 10.0. The van der Waals surface area contributed by atoms with Crippen molar-refractivity contribution in [3.8, 4) is 11.5 Å². The summed E-state index contributed by atoms with van der Waals surface area (Å²) in [6.45, 7) is 2.91. The van der Waals surface area contributed by atoms with E-state index in [0.717, 1.165) is 19.4 Å². The highest BCUT2D eigenvalue weighted by Gasteiger charge is 2.23. The summed E-state index contributed by atoms with van der Waals surface area (Å²) in [7, 11) is 3.17. The lowest BCUT2D eigenvalue weighted by molar-refractivity contribution is 0.170. The summed E-state index contributed by atoms with van der Waals surface area (Å²) in [5, 5.41) is 2.92. The van der Waals surface area contributed by atoms with Crippen molar-refractivity contribution in [2.24, 2.45) is 0 Å². The molecule has 0 unspecified atom stereocenters. The molecule has 0 aliphatic carbocycles. The van der Waals surface area contributed by atoms with E-state index < -0.39 is 0 Å². The van der Waals surface area contributed by atoms with Gasteiger partial charge in [0.15, 0.2) is 11.5 Å². The van der Waals surface area contributed by atoms with Crippen LogP contribution in [-0.2, 0) is 0 Å². The highest BCUT2D eigenvalue weighted by Crippen LogP contribution is 2.30. The van der Waals surface area contributed by atoms with E-state index in [9.17, 15) is 4.79 Å². The Kier molecular flexibility index (Phi) is 4.71. The van der Waals surface area contributed by atoms with Crippen LogP contribution in [-0.4, -0.2) is 37.7 Å². The van der Waals surface area contributed by atoms with Gasteiger partial charge in [0.2, 0.25) is 0 Å². The number of anilines is 1. The second-order valence-electron chi connectivity index (χ2n) is 5.04. The largest absolute Gasteiger partial charge is 0.493 e. The summed E-state index contributed by atoms with van der Waals surface area (Å²) >= 11 is 0. The maximum atomic E-state index is 12.3. The van der Waals surface area contributed by atoms with Gasteiger partial charge in [-0.2, -0.15) is 0 Å². The Balaban J connectivity index is 2.07. The Morgan fingerprint density at radius 1 is 1.25 bits per heavy atom. The number of nitrogens with zero attached hydrogens (tertiary/aromatic N) is 1. The molecule has 1 aliphatic heterocycles. The van der Waals surface area contributed by atoms with Crippen molar-refractivity contribution in [3.63, 3.8) is 0 Å². The van der Waals surface area contributed by atoms with Gasteiger partial charge >= 0.3 is 6.03 Å². The molecule has 0 radical (unpaired) electrons. The summed E-state index contributed by atoms with van der Waals surface area (Å²) < 4.78 is 10.4. The van der Waals surface area contributed by atoms with Crippen LogP contribution in [0.1, 0.15) is 26.2 Å².